The first-order valence-corrected chi connectivity index (χ1v) is 8.97. The van der Waals surface area contributed by atoms with Gasteiger partial charge < -0.3 is 15.6 Å². The molecular weight excluding hydrogens is 304 g/mol. The molecule has 0 spiro atoms. The Bertz CT molecular complexity index is 631. The first kappa shape index (κ1) is 17.0. The van der Waals surface area contributed by atoms with Gasteiger partial charge in [0.05, 0.1) is 0 Å². The SMILES string of the molecule is CCNCC1CCN(S(=O)(=O)c2cc(C(N)=O)n(C)c2)CC1. The van der Waals surface area contributed by atoms with Crippen LogP contribution in [0, 0.1) is 5.92 Å². The smallest absolute Gasteiger partial charge is 0.265 e. The molecule has 0 aliphatic carbocycles. The van der Waals surface area contributed by atoms with Gasteiger partial charge in [-0.3, -0.25) is 4.79 Å². The van der Waals surface area contributed by atoms with Crippen LogP contribution in [0.25, 0.3) is 0 Å². The van der Waals surface area contributed by atoms with Crippen molar-refractivity contribution in [3.05, 3.63) is 18.0 Å². The molecule has 1 aliphatic rings. The molecule has 0 bridgehead atoms. The predicted molar refractivity (Wildman–Crippen MR) is 84.0 cm³/mol. The zero-order valence-corrected chi connectivity index (χ0v) is 13.9. The van der Waals surface area contributed by atoms with Gasteiger partial charge in [0.15, 0.2) is 0 Å². The number of nitrogens with zero attached hydrogens (tertiary/aromatic N) is 2. The lowest BCUT2D eigenvalue weighted by Crippen LogP contribution is -2.40. The van der Waals surface area contributed by atoms with Crippen LogP contribution >= 0.6 is 0 Å². The molecule has 1 amide bonds. The van der Waals surface area contributed by atoms with Crippen LogP contribution in [0.2, 0.25) is 0 Å². The number of piperidine rings is 1. The number of sulfonamides is 1. The summed E-state index contributed by atoms with van der Waals surface area (Å²) in [6.45, 7) is 4.95. The summed E-state index contributed by atoms with van der Waals surface area (Å²) in [7, 11) is -1.94. The number of hydrogen-bond donors (Lipinski definition) is 2. The van der Waals surface area contributed by atoms with E-state index in [4.69, 9.17) is 5.73 Å². The van der Waals surface area contributed by atoms with Gasteiger partial charge >= 0.3 is 0 Å². The van der Waals surface area contributed by atoms with Crippen LogP contribution < -0.4 is 11.1 Å². The number of aromatic nitrogens is 1. The maximum absolute atomic E-state index is 12.6. The average Bonchev–Trinajstić information content (AvgIpc) is 2.88. The standard InChI is InChI=1S/C14H24N4O3S/c1-3-16-9-11-4-6-18(7-5-11)22(20,21)12-8-13(14(15)19)17(2)10-12/h8,10-11,16H,3-7,9H2,1-2H3,(H2,15,19). The minimum absolute atomic E-state index is 0.133. The van der Waals surface area contributed by atoms with E-state index in [1.807, 2.05) is 0 Å². The number of rotatable bonds is 6. The second-order valence-corrected chi connectivity index (χ2v) is 7.63. The Morgan fingerprint density at radius 1 is 1.41 bits per heavy atom. The van der Waals surface area contributed by atoms with Gasteiger partial charge in [-0.15, -0.1) is 0 Å². The van der Waals surface area contributed by atoms with E-state index in [0.29, 0.717) is 19.0 Å². The lowest BCUT2D eigenvalue weighted by atomic mass is 9.98. The molecule has 3 N–H and O–H groups in total. The van der Waals surface area contributed by atoms with Gasteiger partial charge in [-0.05, 0) is 37.9 Å². The lowest BCUT2D eigenvalue weighted by molar-refractivity contribution is 0.0992. The Morgan fingerprint density at radius 2 is 2.05 bits per heavy atom. The first-order chi connectivity index (χ1) is 10.4. The van der Waals surface area contributed by atoms with Crippen molar-refractivity contribution in [1.29, 1.82) is 0 Å². The fourth-order valence-corrected chi connectivity index (χ4v) is 4.31. The van der Waals surface area contributed by atoms with E-state index in [1.54, 1.807) is 7.05 Å². The van der Waals surface area contributed by atoms with Crippen LogP contribution in [0.5, 0.6) is 0 Å². The van der Waals surface area contributed by atoms with Gasteiger partial charge in [0, 0.05) is 26.3 Å². The number of nitrogens with two attached hydrogens (primary N) is 1. The van der Waals surface area contributed by atoms with Crippen LogP contribution in [-0.4, -0.2) is 49.4 Å². The number of amides is 1. The molecule has 1 saturated heterocycles. The largest absolute Gasteiger partial charge is 0.364 e. The van der Waals surface area contributed by atoms with Crippen molar-refractivity contribution in [3.8, 4) is 0 Å². The highest BCUT2D eigenvalue weighted by atomic mass is 32.2. The Hall–Kier alpha value is -1.38. The van der Waals surface area contributed by atoms with Crippen LogP contribution in [0.15, 0.2) is 17.2 Å². The van der Waals surface area contributed by atoms with Crippen molar-refractivity contribution in [1.82, 2.24) is 14.2 Å². The highest BCUT2D eigenvalue weighted by Gasteiger charge is 2.30. The minimum atomic E-state index is -3.56. The zero-order chi connectivity index (χ0) is 16.3. The second-order valence-electron chi connectivity index (χ2n) is 5.69. The van der Waals surface area contributed by atoms with E-state index < -0.39 is 15.9 Å². The van der Waals surface area contributed by atoms with Crippen molar-refractivity contribution in [2.75, 3.05) is 26.2 Å². The quantitative estimate of drug-likeness (QED) is 0.776. The molecule has 1 aromatic heterocycles. The summed E-state index contributed by atoms with van der Waals surface area (Å²) in [6, 6.07) is 1.35. The molecular formula is C14H24N4O3S. The maximum Gasteiger partial charge on any atom is 0.265 e. The summed E-state index contributed by atoms with van der Waals surface area (Å²) in [4.78, 5) is 11.4. The molecule has 2 heterocycles. The van der Waals surface area contributed by atoms with Crippen LogP contribution in [0.1, 0.15) is 30.3 Å². The van der Waals surface area contributed by atoms with E-state index in [-0.39, 0.29) is 10.6 Å². The van der Waals surface area contributed by atoms with E-state index >= 15 is 0 Å². The van der Waals surface area contributed by atoms with E-state index in [9.17, 15) is 13.2 Å². The van der Waals surface area contributed by atoms with Crippen molar-refractivity contribution in [2.45, 2.75) is 24.7 Å². The highest BCUT2D eigenvalue weighted by molar-refractivity contribution is 7.89. The molecule has 124 valence electrons. The second kappa shape index (κ2) is 6.80. The molecule has 0 radical (unpaired) electrons. The first-order valence-electron chi connectivity index (χ1n) is 7.53. The summed E-state index contributed by atoms with van der Waals surface area (Å²) in [6.07, 6.45) is 3.14. The molecule has 0 aromatic carbocycles. The zero-order valence-electron chi connectivity index (χ0n) is 13.1. The van der Waals surface area contributed by atoms with Gasteiger partial charge in [-0.25, -0.2) is 8.42 Å². The van der Waals surface area contributed by atoms with Crippen LogP contribution in [-0.2, 0) is 17.1 Å². The minimum Gasteiger partial charge on any atom is -0.364 e. The van der Waals surface area contributed by atoms with Gasteiger partial charge in [-0.1, -0.05) is 6.92 Å². The maximum atomic E-state index is 12.6. The third kappa shape index (κ3) is 3.50. The molecule has 0 saturated carbocycles. The molecule has 1 aliphatic heterocycles. The number of carbonyl (C=O) groups excluding carboxylic acids is 1. The summed E-state index contributed by atoms with van der Waals surface area (Å²) in [5.74, 6) is -0.114. The van der Waals surface area contributed by atoms with Crippen molar-refractivity contribution >= 4 is 15.9 Å². The third-order valence-electron chi connectivity index (χ3n) is 4.13. The Kier molecular flexibility index (Phi) is 5.25. The van der Waals surface area contributed by atoms with Crippen molar-refractivity contribution < 1.29 is 13.2 Å². The number of hydrogen-bond acceptors (Lipinski definition) is 4. The van der Waals surface area contributed by atoms with Gasteiger partial charge in [0.25, 0.3) is 5.91 Å². The summed E-state index contributed by atoms with van der Waals surface area (Å²) < 4.78 is 28.2. The Labute approximate surface area is 131 Å². The molecule has 1 fully saturated rings. The Balaban J connectivity index is 2.09. The fourth-order valence-electron chi connectivity index (χ4n) is 2.77. The Morgan fingerprint density at radius 3 is 2.55 bits per heavy atom. The molecule has 8 heteroatoms. The number of nitrogens with one attached hydrogen (secondary N) is 1. The number of primary amides is 1. The van der Waals surface area contributed by atoms with E-state index in [1.165, 1.54) is 21.1 Å². The number of carbonyl (C=O) groups is 1. The van der Waals surface area contributed by atoms with Gasteiger partial charge in [-0.2, -0.15) is 4.31 Å². The molecule has 22 heavy (non-hydrogen) atoms. The summed E-state index contributed by atoms with van der Waals surface area (Å²) in [5.41, 5.74) is 5.43. The molecule has 0 unspecified atom stereocenters. The van der Waals surface area contributed by atoms with Crippen LogP contribution in [0.3, 0.4) is 0 Å². The number of aryl methyl sites for hydroxylation is 1. The van der Waals surface area contributed by atoms with Gasteiger partial charge in [0.2, 0.25) is 10.0 Å². The lowest BCUT2D eigenvalue weighted by Gasteiger charge is -2.31. The van der Waals surface area contributed by atoms with E-state index in [2.05, 4.69) is 12.2 Å². The normalized spacial score (nSPS) is 17.7. The van der Waals surface area contributed by atoms with Gasteiger partial charge in [0.1, 0.15) is 10.6 Å². The predicted octanol–water partition coefficient (Wildman–Crippen LogP) is 0.134. The fraction of sp³-hybridized carbons (Fsp3) is 0.643. The molecule has 1 aromatic rings. The molecule has 7 nitrogen and oxygen atoms in total. The topological polar surface area (TPSA) is 97.4 Å². The summed E-state index contributed by atoms with van der Waals surface area (Å²) in [5, 5.41) is 3.30. The van der Waals surface area contributed by atoms with E-state index in [0.717, 1.165) is 25.9 Å². The van der Waals surface area contributed by atoms with Crippen LogP contribution in [0.4, 0.5) is 0 Å². The third-order valence-corrected chi connectivity index (χ3v) is 5.99. The highest BCUT2D eigenvalue weighted by Crippen LogP contribution is 2.24. The average molecular weight is 328 g/mol. The van der Waals surface area contributed by atoms with Crippen molar-refractivity contribution in [3.63, 3.8) is 0 Å². The summed E-state index contributed by atoms with van der Waals surface area (Å²) >= 11 is 0. The molecule has 0 atom stereocenters. The molecule has 2 rings (SSSR count). The monoisotopic (exact) mass is 328 g/mol. The van der Waals surface area contributed by atoms with Crippen molar-refractivity contribution in [2.24, 2.45) is 18.7 Å².